The lowest BCUT2D eigenvalue weighted by Gasteiger charge is -2.39. The molecule has 2 nitrogen and oxygen atoms in total. The van der Waals surface area contributed by atoms with E-state index in [4.69, 9.17) is 0 Å². The molecule has 1 fully saturated rings. The molecule has 2 aliphatic rings. The van der Waals surface area contributed by atoms with Crippen LogP contribution in [-0.2, 0) is 5.41 Å². The van der Waals surface area contributed by atoms with Crippen molar-refractivity contribution >= 4 is 11.4 Å². The summed E-state index contributed by atoms with van der Waals surface area (Å²) in [7, 11) is 0. The van der Waals surface area contributed by atoms with Crippen molar-refractivity contribution in [1.82, 2.24) is 4.90 Å². The van der Waals surface area contributed by atoms with E-state index in [1.54, 1.807) is 5.56 Å². The molecule has 0 bridgehead atoms. The molecular weight excluding hydrogens is 292 g/mol. The first-order valence-electron chi connectivity index (χ1n) is 9.30. The number of piperidine rings is 1. The Kier molecular flexibility index (Phi) is 3.88. The van der Waals surface area contributed by atoms with E-state index in [1.807, 2.05) is 0 Å². The number of para-hydroxylation sites is 1. The topological polar surface area (TPSA) is 6.48 Å². The van der Waals surface area contributed by atoms with E-state index in [1.165, 1.54) is 55.0 Å². The summed E-state index contributed by atoms with van der Waals surface area (Å²) in [6, 6.07) is 16.0. The molecule has 4 rings (SSSR count). The van der Waals surface area contributed by atoms with Gasteiger partial charge in [-0.1, -0.05) is 31.2 Å². The van der Waals surface area contributed by atoms with Gasteiger partial charge < -0.3 is 9.80 Å². The van der Waals surface area contributed by atoms with Crippen LogP contribution in [0.5, 0.6) is 0 Å². The van der Waals surface area contributed by atoms with E-state index >= 15 is 0 Å². The van der Waals surface area contributed by atoms with Gasteiger partial charge in [-0.2, -0.15) is 0 Å². The zero-order valence-corrected chi connectivity index (χ0v) is 15.2. The third kappa shape index (κ3) is 2.44. The molecule has 1 saturated heterocycles. The molecule has 2 aromatic rings. The number of anilines is 2. The highest BCUT2D eigenvalue weighted by molar-refractivity contribution is 5.73. The zero-order chi connectivity index (χ0) is 16.7. The lowest BCUT2D eigenvalue weighted by Crippen LogP contribution is -2.44. The molecule has 0 saturated carbocycles. The van der Waals surface area contributed by atoms with Crippen molar-refractivity contribution in [3.05, 3.63) is 59.2 Å². The third-order valence-corrected chi connectivity index (χ3v) is 6.29. The van der Waals surface area contributed by atoms with Gasteiger partial charge in [-0.05, 0) is 81.2 Å². The molecule has 126 valence electrons. The van der Waals surface area contributed by atoms with Gasteiger partial charge in [0.2, 0.25) is 0 Å². The fraction of sp³-hybridized carbons (Fsp3) is 0.455. The molecule has 1 spiro atoms. The van der Waals surface area contributed by atoms with E-state index in [2.05, 4.69) is 73.0 Å². The fourth-order valence-corrected chi connectivity index (χ4v) is 4.48. The maximum atomic E-state index is 2.59. The molecule has 0 atom stereocenters. The average Bonchev–Trinajstić information content (AvgIpc) is 2.93. The van der Waals surface area contributed by atoms with Crippen LogP contribution in [0.25, 0.3) is 0 Å². The predicted octanol–water partition coefficient (Wildman–Crippen LogP) is 4.81. The van der Waals surface area contributed by atoms with E-state index in [9.17, 15) is 0 Å². The first kappa shape index (κ1) is 15.7. The number of benzene rings is 2. The summed E-state index contributed by atoms with van der Waals surface area (Å²) in [6.45, 7) is 11.5. The summed E-state index contributed by atoms with van der Waals surface area (Å²) in [5.74, 6) is 0. The van der Waals surface area contributed by atoms with Crippen LogP contribution in [0.4, 0.5) is 11.4 Å². The number of nitrogens with zero attached hydrogens (tertiary/aromatic N) is 2. The van der Waals surface area contributed by atoms with E-state index in [-0.39, 0.29) is 0 Å². The predicted molar refractivity (Wildman–Crippen MR) is 102 cm³/mol. The van der Waals surface area contributed by atoms with Gasteiger partial charge in [0.05, 0.1) is 0 Å². The minimum atomic E-state index is 0.334. The molecule has 0 radical (unpaired) electrons. The molecule has 2 aromatic carbocycles. The first-order chi connectivity index (χ1) is 11.6. The van der Waals surface area contributed by atoms with Crippen molar-refractivity contribution in [3.8, 4) is 0 Å². The summed E-state index contributed by atoms with van der Waals surface area (Å²) in [4.78, 5) is 5.15. The smallest absolute Gasteiger partial charge is 0.0449 e. The summed E-state index contributed by atoms with van der Waals surface area (Å²) in [6.07, 6.45) is 2.55. The summed E-state index contributed by atoms with van der Waals surface area (Å²) >= 11 is 0. The van der Waals surface area contributed by atoms with Crippen LogP contribution in [0.15, 0.2) is 42.5 Å². The van der Waals surface area contributed by atoms with Gasteiger partial charge in [-0.3, -0.25) is 0 Å². The van der Waals surface area contributed by atoms with E-state index in [0.29, 0.717) is 5.41 Å². The Morgan fingerprint density at radius 2 is 1.71 bits per heavy atom. The van der Waals surface area contributed by atoms with Crippen LogP contribution in [-0.4, -0.2) is 31.1 Å². The van der Waals surface area contributed by atoms with Crippen LogP contribution in [0, 0.1) is 13.8 Å². The highest BCUT2D eigenvalue weighted by atomic mass is 15.2. The van der Waals surface area contributed by atoms with Crippen molar-refractivity contribution in [2.75, 3.05) is 31.1 Å². The van der Waals surface area contributed by atoms with Gasteiger partial charge in [-0.25, -0.2) is 0 Å². The van der Waals surface area contributed by atoms with Crippen molar-refractivity contribution in [2.45, 2.75) is 39.0 Å². The minimum absolute atomic E-state index is 0.334. The lowest BCUT2D eigenvalue weighted by molar-refractivity contribution is 0.174. The van der Waals surface area contributed by atoms with Gasteiger partial charge in [0.1, 0.15) is 0 Å². The lowest BCUT2D eigenvalue weighted by atomic mass is 9.74. The molecule has 2 heterocycles. The number of likely N-dealkylation sites (tertiary alicyclic amines) is 1. The Morgan fingerprint density at radius 1 is 0.958 bits per heavy atom. The quantitative estimate of drug-likeness (QED) is 0.783. The molecule has 0 aliphatic carbocycles. The Morgan fingerprint density at radius 3 is 2.42 bits per heavy atom. The Balaban J connectivity index is 1.72. The molecule has 2 heteroatoms. The second-order valence-electron chi connectivity index (χ2n) is 7.59. The van der Waals surface area contributed by atoms with Crippen LogP contribution >= 0.6 is 0 Å². The summed E-state index contributed by atoms with van der Waals surface area (Å²) in [5.41, 5.74) is 7.43. The molecule has 0 amide bonds. The largest absolute Gasteiger partial charge is 0.340 e. The second kappa shape index (κ2) is 5.93. The molecule has 0 N–H and O–H groups in total. The second-order valence-corrected chi connectivity index (χ2v) is 7.59. The van der Waals surface area contributed by atoms with Crippen LogP contribution < -0.4 is 4.90 Å². The Hall–Kier alpha value is -1.80. The molecule has 2 aliphatic heterocycles. The van der Waals surface area contributed by atoms with Crippen molar-refractivity contribution < 1.29 is 0 Å². The summed E-state index contributed by atoms with van der Waals surface area (Å²) in [5, 5.41) is 0. The van der Waals surface area contributed by atoms with Gasteiger partial charge >= 0.3 is 0 Å². The van der Waals surface area contributed by atoms with Gasteiger partial charge in [0.15, 0.2) is 0 Å². The maximum Gasteiger partial charge on any atom is 0.0449 e. The number of aryl methyl sites for hydroxylation is 2. The monoisotopic (exact) mass is 320 g/mol. The summed E-state index contributed by atoms with van der Waals surface area (Å²) < 4.78 is 0. The van der Waals surface area contributed by atoms with Gasteiger partial charge in [-0.15, -0.1) is 0 Å². The number of hydrogen-bond acceptors (Lipinski definition) is 2. The third-order valence-electron chi connectivity index (χ3n) is 6.29. The number of fused-ring (bicyclic) bond motifs is 2. The van der Waals surface area contributed by atoms with Crippen LogP contribution in [0.3, 0.4) is 0 Å². The van der Waals surface area contributed by atoms with Gasteiger partial charge in [0.25, 0.3) is 0 Å². The zero-order valence-electron chi connectivity index (χ0n) is 15.2. The fourth-order valence-electron chi connectivity index (χ4n) is 4.48. The number of hydrogen-bond donors (Lipinski definition) is 0. The normalized spacial score (nSPS) is 19.7. The number of rotatable bonds is 2. The molecule has 24 heavy (non-hydrogen) atoms. The van der Waals surface area contributed by atoms with Crippen LogP contribution in [0.1, 0.15) is 36.5 Å². The SMILES string of the molecule is CCN1CCC2(CC1)CN(c1ccc(C)c(C)c1)c1ccccc12. The maximum absolute atomic E-state index is 2.59. The van der Waals surface area contributed by atoms with Crippen molar-refractivity contribution in [1.29, 1.82) is 0 Å². The molecular formula is C22H28N2. The first-order valence-corrected chi connectivity index (χ1v) is 9.30. The minimum Gasteiger partial charge on any atom is -0.340 e. The molecule has 0 aromatic heterocycles. The highest BCUT2D eigenvalue weighted by Gasteiger charge is 2.44. The Labute approximate surface area is 146 Å². The van der Waals surface area contributed by atoms with Gasteiger partial charge in [0, 0.05) is 23.3 Å². The molecule has 0 unspecified atom stereocenters. The van der Waals surface area contributed by atoms with Crippen molar-refractivity contribution in [2.24, 2.45) is 0 Å². The standard InChI is InChI=1S/C22H28N2/c1-4-23-13-11-22(12-14-23)16-24(21-8-6-5-7-20(21)22)19-10-9-17(2)18(3)15-19/h5-10,15H,4,11-14,16H2,1-3H3. The van der Waals surface area contributed by atoms with E-state index < -0.39 is 0 Å². The Bertz CT molecular complexity index is 741. The van der Waals surface area contributed by atoms with Crippen molar-refractivity contribution in [3.63, 3.8) is 0 Å². The highest BCUT2D eigenvalue weighted by Crippen LogP contribution is 2.49. The van der Waals surface area contributed by atoms with E-state index in [0.717, 1.165) is 6.54 Å². The van der Waals surface area contributed by atoms with Crippen LogP contribution in [0.2, 0.25) is 0 Å². The average molecular weight is 320 g/mol.